The maximum absolute atomic E-state index is 4.41. The molecule has 0 aromatic carbocycles. The van der Waals surface area contributed by atoms with E-state index in [-0.39, 0.29) is 0 Å². The highest BCUT2D eigenvalue weighted by Gasteiger charge is 2.18. The van der Waals surface area contributed by atoms with Crippen molar-refractivity contribution in [3.8, 4) is 0 Å². The van der Waals surface area contributed by atoms with Crippen LogP contribution >= 0.6 is 15.9 Å². The molecule has 0 amide bonds. The smallest absolute Gasteiger partial charge is 0.128 e. The minimum atomic E-state index is 0.838. The van der Waals surface area contributed by atoms with Crippen molar-refractivity contribution in [1.29, 1.82) is 0 Å². The summed E-state index contributed by atoms with van der Waals surface area (Å²) < 4.78 is 1.00. The van der Waals surface area contributed by atoms with E-state index in [2.05, 4.69) is 35.8 Å². The van der Waals surface area contributed by atoms with Crippen molar-refractivity contribution in [3.05, 3.63) is 46.6 Å². The molecule has 2 aromatic rings. The van der Waals surface area contributed by atoms with Gasteiger partial charge in [-0.3, -0.25) is 0 Å². The summed E-state index contributed by atoms with van der Waals surface area (Å²) in [7, 11) is 0. The molecule has 0 spiro atoms. The van der Waals surface area contributed by atoms with Crippen LogP contribution in [0.2, 0.25) is 0 Å². The summed E-state index contributed by atoms with van der Waals surface area (Å²) in [6.45, 7) is 1.80. The van der Waals surface area contributed by atoms with Crippen LogP contribution in [-0.2, 0) is 13.0 Å². The third kappa shape index (κ3) is 2.15. The normalized spacial score (nSPS) is 14.5. The van der Waals surface area contributed by atoms with E-state index in [1.54, 1.807) is 6.33 Å². The van der Waals surface area contributed by atoms with E-state index < -0.39 is 0 Å². The van der Waals surface area contributed by atoms with Gasteiger partial charge in [-0.2, -0.15) is 0 Å². The van der Waals surface area contributed by atoms with Gasteiger partial charge in [-0.15, -0.1) is 0 Å². The maximum Gasteiger partial charge on any atom is 0.128 e. The zero-order valence-electron chi connectivity index (χ0n) is 9.17. The molecule has 3 rings (SSSR count). The largest absolute Gasteiger partial charge is 0.352 e. The molecule has 5 heteroatoms. The van der Waals surface area contributed by atoms with E-state index in [0.717, 1.165) is 35.5 Å². The summed E-state index contributed by atoms with van der Waals surface area (Å²) in [5.41, 5.74) is 2.36. The molecular formula is C12H11BrN4. The first-order valence-corrected chi connectivity index (χ1v) is 6.26. The van der Waals surface area contributed by atoms with Crippen LogP contribution in [0.15, 0.2) is 35.3 Å². The van der Waals surface area contributed by atoms with Crippen molar-refractivity contribution in [2.45, 2.75) is 13.0 Å². The van der Waals surface area contributed by atoms with Crippen molar-refractivity contribution in [2.24, 2.45) is 0 Å². The van der Waals surface area contributed by atoms with Crippen LogP contribution in [-0.4, -0.2) is 21.5 Å². The first-order valence-electron chi connectivity index (χ1n) is 5.47. The number of nitrogens with zero attached hydrogens (tertiary/aromatic N) is 4. The zero-order chi connectivity index (χ0) is 11.7. The fourth-order valence-corrected chi connectivity index (χ4v) is 2.25. The topological polar surface area (TPSA) is 41.9 Å². The average molecular weight is 291 g/mol. The van der Waals surface area contributed by atoms with Crippen LogP contribution in [0.5, 0.6) is 0 Å². The number of hydrogen-bond donors (Lipinski definition) is 0. The van der Waals surface area contributed by atoms with Gasteiger partial charge in [0.1, 0.15) is 12.1 Å². The first-order chi connectivity index (χ1) is 8.33. The van der Waals surface area contributed by atoms with E-state index in [1.165, 1.54) is 5.56 Å². The molecule has 0 saturated heterocycles. The molecule has 0 saturated carbocycles. The molecule has 1 aliphatic rings. The molecule has 0 N–H and O–H groups in total. The third-order valence-corrected chi connectivity index (χ3v) is 3.37. The van der Waals surface area contributed by atoms with Gasteiger partial charge < -0.3 is 4.90 Å². The Kier molecular flexibility index (Phi) is 2.76. The number of fused-ring (bicyclic) bond motifs is 1. The molecule has 0 unspecified atom stereocenters. The Morgan fingerprint density at radius 2 is 2.12 bits per heavy atom. The Morgan fingerprint density at radius 3 is 2.94 bits per heavy atom. The van der Waals surface area contributed by atoms with Crippen LogP contribution in [0.25, 0.3) is 0 Å². The molecular weight excluding hydrogens is 280 g/mol. The van der Waals surface area contributed by atoms with E-state index in [9.17, 15) is 0 Å². The summed E-state index contributed by atoms with van der Waals surface area (Å²) in [5.74, 6) is 1.00. The highest BCUT2D eigenvalue weighted by Crippen LogP contribution is 2.21. The van der Waals surface area contributed by atoms with Gasteiger partial charge in [0.25, 0.3) is 0 Å². The number of rotatable bonds is 1. The predicted molar refractivity (Wildman–Crippen MR) is 68.7 cm³/mol. The summed E-state index contributed by atoms with van der Waals surface area (Å²) in [4.78, 5) is 15.0. The molecule has 17 heavy (non-hydrogen) atoms. The highest BCUT2D eigenvalue weighted by atomic mass is 79.9. The van der Waals surface area contributed by atoms with E-state index in [1.807, 2.05) is 24.5 Å². The monoisotopic (exact) mass is 290 g/mol. The van der Waals surface area contributed by atoms with Crippen molar-refractivity contribution < 1.29 is 0 Å². The number of pyridine rings is 1. The fourth-order valence-electron chi connectivity index (χ4n) is 2.02. The Bertz CT molecular complexity index is 526. The van der Waals surface area contributed by atoms with Gasteiger partial charge in [0.15, 0.2) is 0 Å². The molecule has 0 radical (unpaired) electrons. The van der Waals surface area contributed by atoms with Crippen LogP contribution < -0.4 is 4.90 Å². The summed E-state index contributed by atoms with van der Waals surface area (Å²) >= 11 is 3.39. The molecule has 3 heterocycles. The van der Waals surface area contributed by atoms with Crippen LogP contribution in [0.3, 0.4) is 0 Å². The van der Waals surface area contributed by atoms with Gasteiger partial charge in [0, 0.05) is 41.9 Å². The van der Waals surface area contributed by atoms with Gasteiger partial charge >= 0.3 is 0 Å². The molecule has 0 bridgehead atoms. The fraction of sp³-hybridized carbons (Fsp3) is 0.250. The molecule has 2 aromatic heterocycles. The lowest BCUT2D eigenvalue weighted by Crippen LogP contribution is -2.31. The second-order valence-electron chi connectivity index (χ2n) is 4.00. The quantitative estimate of drug-likeness (QED) is 0.807. The second kappa shape index (κ2) is 4.41. The highest BCUT2D eigenvalue weighted by molar-refractivity contribution is 9.10. The lowest BCUT2D eigenvalue weighted by Gasteiger charge is -2.28. The van der Waals surface area contributed by atoms with Crippen molar-refractivity contribution in [1.82, 2.24) is 15.0 Å². The van der Waals surface area contributed by atoms with Crippen LogP contribution in [0.1, 0.15) is 11.3 Å². The average Bonchev–Trinajstić information content (AvgIpc) is 2.39. The van der Waals surface area contributed by atoms with Gasteiger partial charge in [-0.05, 0) is 28.1 Å². The molecule has 0 atom stereocenters. The Labute approximate surface area is 108 Å². The second-order valence-corrected chi connectivity index (χ2v) is 4.92. The maximum atomic E-state index is 4.41. The van der Waals surface area contributed by atoms with E-state index >= 15 is 0 Å². The van der Waals surface area contributed by atoms with Crippen LogP contribution in [0, 0.1) is 0 Å². The van der Waals surface area contributed by atoms with Crippen LogP contribution in [0.4, 0.5) is 5.82 Å². The Hall–Kier alpha value is -1.49. The minimum absolute atomic E-state index is 0.838. The number of anilines is 1. The van der Waals surface area contributed by atoms with E-state index in [0.29, 0.717) is 0 Å². The lowest BCUT2D eigenvalue weighted by molar-refractivity contribution is 0.696. The SMILES string of the molecule is Brc1ccc(N2CCc3ncncc3C2)nc1. The molecule has 1 aliphatic heterocycles. The van der Waals surface area contributed by atoms with Gasteiger partial charge in [0.2, 0.25) is 0 Å². The Balaban J connectivity index is 1.86. The zero-order valence-corrected chi connectivity index (χ0v) is 10.8. The summed E-state index contributed by atoms with van der Waals surface area (Å²) in [6, 6.07) is 4.04. The Morgan fingerprint density at radius 1 is 1.18 bits per heavy atom. The number of aromatic nitrogens is 3. The van der Waals surface area contributed by atoms with Crippen molar-refractivity contribution in [3.63, 3.8) is 0 Å². The summed E-state index contributed by atoms with van der Waals surface area (Å²) in [5, 5.41) is 0. The summed E-state index contributed by atoms with van der Waals surface area (Å²) in [6.07, 6.45) is 6.29. The minimum Gasteiger partial charge on any atom is -0.352 e. The van der Waals surface area contributed by atoms with Gasteiger partial charge in [-0.25, -0.2) is 15.0 Å². The van der Waals surface area contributed by atoms with Crippen molar-refractivity contribution >= 4 is 21.7 Å². The molecule has 0 aliphatic carbocycles. The first kappa shape index (κ1) is 10.7. The molecule has 86 valence electrons. The molecule has 4 nitrogen and oxygen atoms in total. The predicted octanol–water partition coefficient (Wildman–Crippen LogP) is 2.20. The van der Waals surface area contributed by atoms with Gasteiger partial charge in [0.05, 0.1) is 5.69 Å². The van der Waals surface area contributed by atoms with E-state index in [4.69, 9.17) is 0 Å². The third-order valence-electron chi connectivity index (χ3n) is 2.90. The number of hydrogen-bond acceptors (Lipinski definition) is 4. The lowest BCUT2D eigenvalue weighted by atomic mass is 10.1. The standard InChI is InChI=1S/C12H11BrN4/c13-10-1-2-12(15-6-10)17-4-3-11-9(7-17)5-14-8-16-11/h1-2,5-6,8H,3-4,7H2. The number of halogens is 1. The molecule has 0 fully saturated rings. The van der Waals surface area contributed by atoms with Gasteiger partial charge in [-0.1, -0.05) is 0 Å². The van der Waals surface area contributed by atoms with Crippen molar-refractivity contribution in [2.75, 3.05) is 11.4 Å².